The Hall–Kier alpha value is -1.66. The molecule has 6 heteroatoms. The first kappa shape index (κ1) is 19.7. The minimum Gasteiger partial charge on any atom is -0.381 e. The molecule has 0 bridgehead atoms. The van der Waals surface area contributed by atoms with Gasteiger partial charge in [-0.2, -0.15) is 0 Å². The zero-order chi connectivity index (χ0) is 17.7. The second kappa shape index (κ2) is 11.8. The molecule has 0 amide bonds. The number of benzene rings is 1. The average Bonchev–Trinajstić information content (AvgIpc) is 2.64. The first-order chi connectivity index (χ1) is 12.3. The molecule has 0 atom stereocenters. The number of hydrogen-bond donors (Lipinski definition) is 2. The Kier molecular flexibility index (Phi) is 9.29. The molecule has 5 nitrogen and oxygen atoms in total. The maximum Gasteiger partial charge on any atom is 0.190 e. The van der Waals surface area contributed by atoms with Gasteiger partial charge in [-0.25, -0.2) is 4.39 Å². The fourth-order valence-electron chi connectivity index (χ4n) is 2.78. The van der Waals surface area contributed by atoms with E-state index in [4.69, 9.17) is 9.47 Å². The van der Waals surface area contributed by atoms with Gasteiger partial charge in [0.15, 0.2) is 5.96 Å². The van der Waals surface area contributed by atoms with Crippen LogP contribution in [0.4, 0.5) is 4.39 Å². The SMILES string of the molecule is CN=C(NCCCOCC1CCOCC1)NCCc1cccc(F)c1. The number of hydrogen-bond acceptors (Lipinski definition) is 3. The van der Waals surface area contributed by atoms with Gasteiger partial charge in [0.05, 0.1) is 0 Å². The van der Waals surface area contributed by atoms with Crippen molar-refractivity contribution in [2.45, 2.75) is 25.7 Å². The first-order valence-corrected chi connectivity index (χ1v) is 9.12. The minimum absolute atomic E-state index is 0.194. The molecule has 1 aromatic rings. The summed E-state index contributed by atoms with van der Waals surface area (Å²) >= 11 is 0. The lowest BCUT2D eigenvalue weighted by atomic mass is 10.0. The highest BCUT2D eigenvalue weighted by Crippen LogP contribution is 2.14. The van der Waals surface area contributed by atoms with Gasteiger partial charge in [0.1, 0.15) is 5.82 Å². The van der Waals surface area contributed by atoms with Crippen molar-refractivity contribution in [2.24, 2.45) is 10.9 Å². The standard InChI is InChI=1S/C19H30FN3O2/c1-21-19(23-10-6-16-4-2-5-18(20)14-16)22-9-3-11-25-15-17-7-12-24-13-8-17/h2,4-5,14,17H,3,6-13,15H2,1H3,(H2,21,22,23). The summed E-state index contributed by atoms with van der Waals surface area (Å²) in [6, 6.07) is 6.68. The van der Waals surface area contributed by atoms with Crippen LogP contribution in [-0.4, -0.2) is 52.5 Å². The number of ether oxygens (including phenoxy) is 2. The number of aliphatic imine (C=N–C) groups is 1. The van der Waals surface area contributed by atoms with Crippen LogP contribution in [0.5, 0.6) is 0 Å². The molecule has 0 spiro atoms. The van der Waals surface area contributed by atoms with E-state index in [1.165, 1.54) is 6.07 Å². The third kappa shape index (κ3) is 8.31. The summed E-state index contributed by atoms with van der Waals surface area (Å²) in [4.78, 5) is 4.19. The molecular formula is C19H30FN3O2. The Morgan fingerprint density at radius 2 is 2.08 bits per heavy atom. The van der Waals surface area contributed by atoms with E-state index in [0.29, 0.717) is 12.5 Å². The Balaban J connectivity index is 1.50. The predicted molar refractivity (Wildman–Crippen MR) is 98.4 cm³/mol. The van der Waals surface area contributed by atoms with Gasteiger partial charge in [-0.1, -0.05) is 12.1 Å². The highest BCUT2D eigenvalue weighted by Gasteiger charge is 2.13. The van der Waals surface area contributed by atoms with E-state index < -0.39 is 0 Å². The van der Waals surface area contributed by atoms with Gasteiger partial charge in [-0.3, -0.25) is 4.99 Å². The third-order valence-electron chi connectivity index (χ3n) is 4.27. The van der Waals surface area contributed by atoms with Crippen LogP contribution in [0.1, 0.15) is 24.8 Å². The molecule has 1 aromatic carbocycles. The van der Waals surface area contributed by atoms with Crippen LogP contribution in [0.2, 0.25) is 0 Å². The molecule has 0 unspecified atom stereocenters. The van der Waals surface area contributed by atoms with Gasteiger partial charge < -0.3 is 20.1 Å². The van der Waals surface area contributed by atoms with E-state index in [1.54, 1.807) is 19.2 Å². The van der Waals surface area contributed by atoms with E-state index in [0.717, 1.165) is 70.2 Å². The smallest absolute Gasteiger partial charge is 0.190 e. The summed E-state index contributed by atoms with van der Waals surface area (Å²) < 4.78 is 24.2. The van der Waals surface area contributed by atoms with Crippen molar-refractivity contribution in [2.75, 3.05) is 46.6 Å². The maximum absolute atomic E-state index is 13.1. The third-order valence-corrected chi connectivity index (χ3v) is 4.27. The molecule has 1 aliphatic heterocycles. The summed E-state index contributed by atoms with van der Waals surface area (Å²) in [6.07, 6.45) is 3.92. The van der Waals surface area contributed by atoms with E-state index in [1.807, 2.05) is 6.07 Å². The summed E-state index contributed by atoms with van der Waals surface area (Å²) in [7, 11) is 1.75. The van der Waals surface area contributed by atoms with Crippen molar-refractivity contribution in [1.29, 1.82) is 0 Å². The Morgan fingerprint density at radius 1 is 1.28 bits per heavy atom. The second-order valence-electron chi connectivity index (χ2n) is 6.29. The Bertz CT molecular complexity index is 519. The topological polar surface area (TPSA) is 54.9 Å². The quantitative estimate of drug-likeness (QED) is 0.407. The van der Waals surface area contributed by atoms with Gasteiger partial charge in [-0.15, -0.1) is 0 Å². The van der Waals surface area contributed by atoms with E-state index in [-0.39, 0.29) is 5.82 Å². The summed E-state index contributed by atoms with van der Waals surface area (Å²) in [5.74, 6) is 1.22. The van der Waals surface area contributed by atoms with Crippen LogP contribution in [0.3, 0.4) is 0 Å². The molecular weight excluding hydrogens is 321 g/mol. The largest absolute Gasteiger partial charge is 0.381 e. The Morgan fingerprint density at radius 3 is 2.84 bits per heavy atom. The van der Waals surface area contributed by atoms with Crippen molar-refractivity contribution in [1.82, 2.24) is 10.6 Å². The summed E-state index contributed by atoms with van der Waals surface area (Å²) in [5.41, 5.74) is 0.976. The number of guanidine groups is 1. The van der Waals surface area contributed by atoms with Crippen molar-refractivity contribution < 1.29 is 13.9 Å². The minimum atomic E-state index is -0.194. The molecule has 25 heavy (non-hydrogen) atoms. The van der Waals surface area contributed by atoms with Crippen LogP contribution in [0.25, 0.3) is 0 Å². The molecule has 0 aliphatic carbocycles. The van der Waals surface area contributed by atoms with E-state index >= 15 is 0 Å². The van der Waals surface area contributed by atoms with Crippen LogP contribution >= 0.6 is 0 Å². The number of nitrogens with one attached hydrogen (secondary N) is 2. The van der Waals surface area contributed by atoms with Gasteiger partial charge in [0, 0.05) is 46.6 Å². The molecule has 140 valence electrons. The molecule has 2 N–H and O–H groups in total. The average molecular weight is 351 g/mol. The van der Waals surface area contributed by atoms with E-state index in [2.05, 4.69) is 15.6 Å². The fourth-order valence-corrected chi connectivity index (χ4v) is 2.78. The van der Waals surface area contributed by atoms with Crippen LogP contribution in [0, 0.1) is 11.7 Å². The number of halogens is 1. The zero-order valence-corrected chi connectivity index (χ0v) is 15.1. The van der Waals surface area contributed by atoms with Gasteiger partial charge in [0.25, 0.3) is 0 Å². The van der Waals surface area contributed by atoms with E-state index in [9.17, 15) is 4.39 Å². The van der Waals surface area contributed by atoms with Crippen LogP contribution < -0.4 is 10.6 Å². The summed E-state index contributed by atoms with van der Waals surface area (Å²) in [6.45, 7) is 4.85. The second-order valence-corrected chi connectivity index (χ2v) is 6.29. The zero-order valence-electron chi connectivity index (χ0n) is 15.1. The van der Waals surface area contributed by atoms with Crippen molar-refractivity contribution in [3.63, 3.8) is 0 Å². The van der Waals surface area contributed by atoms with Crippen molar-refractivity contribution >= 4 is 5.96 Å². The number of nitrogens with zero attached hydrogens (tertiary/aromatic N) is 1. The molecule has 1 aliphatic rings. The summed E-state index contributed by atoms with van der Waals surface area (Å²) in [5, 5.41) is 6.51. The lowest BCUT2D eigenvalue weighted by Crippen LogP contribution is -2.39. The molecule has 1 heterocycles. The lowest BCUT2D eigenvalue weighted by molar-refractivity contribution is 0.0203. The van der Waals surface area contributed by atoms with Gasteiger partial charge >= 0.3 is 0 Å². The fraction of sp³-hybridized carbons (Fsp3) is 0.632. The first-order valence-electron chi connectivity index (χ1n) is 9.12. The molecule has 1 fully saturated rings. The normalized spacial score (nSPS) is 16.0. The molecule has 2 rings (SSSR count). The van der Waals surface area contributed by atoms with Gasteiger partial charge in [-0.05, 0) is 49.3 Å². The van der Waals surface area contributed by atoms with Crippen LogP contribution in [-0.2, 0) is 15.9 Å². The van der Waals surface area contributed by atoms with Gasteiger partial charge in [0.2, 0.25) is 0 Å². The van der Waals surface area contributed by atoms with Crippen molar-refractivity contribution in [3.05, 3.63) is 35.6 Å². The van der Waals surface area contributed by atoms with Crippen molar-refractivity contribution in [3.8, 4) is 0 Å². The maximum atomic E-state index is 13.1. The predicted octanol–water partition coefficient (Wildman–Crippen LogP) is 2.37. The molecule has 0 radical (unpaired) electrons. The Labute approximate surface area is 150 Å². The van der Waals surface area contributed by atoms with Crippen LogP contribution in [0.15, 0.2) is 29.3 Å². The highest BCUT2D eigenvalue weighted by atomic mass is 19.1. The molecule has 0 saturated carbocycles. The molecule has 0 aromatic heterocycles. The lowest BCUT2D eigenvalue weighted by Gasteiger charge is -2.21. The molecule has 1 saturated heterocycles. The highest BCUT2D eigenvalue weighted by molar-refractivity contribution is 5.79. The number of rotatable bonds is 9. The monoisotopic (exact) mass is 351 g/mol.